The molecule has 0 fully saturated rings. The van der Waals surface area contributed by atoms with E-state index in [4.69, 9.17) is 4.74 Å². The molecule has 0 spiro atoms. The summed E-state index contributed by atoms with van der Waals surface area (Å²) >= 11 is 3.51. The first kappa shape index (κ1) is 17.4. The van der Waals surface area contributed by atoms with Crippen LogP contribution in [0, 0.1) is 5.92 Å². The van der Waals surface area contributed by atoms with Crippen LogP contribution in [0.5, 0.6) is 0 Å². The van der Waals surface area contributed by atoms with Gasteiger partial charge in [0.2, 0.25) is 0 Å². The molecule has 0 aliphatic heterocycles. The molecule has 1 aromatic heterocycles. The average molecular weight is 344 g/mol. The molecule has 0 amide bonds. The van der Waals surface area contributed by atoms with Crippen LogP contribution in [0.2, 0.25) is 0 Å². The van der Waals surface area contributed by atoms with Crippen molar-refractivity contribution in [2.24, 2.45) is 5.92 Å². The molecule has 114 valence electrons. The van der Waals surface area contributed by atoms with Gasteiger partial charge in [-0.2, -0.15) is 0 Å². The normalized spacial score (nSPS) is 11.1. The number of anilines is 1. The molecular weight excluding hydrogens is 318 g/mol. The first-order valence-corrected chi connectivity index (χ1v) is 7.96. The third-order valence-electron chi connectivity index (χ3n) is 2.93. The Morgan fingerprint density at radius 1 is 1.45 bits per heavy atom. The Hall–Kier alpha value is -0.650. The number of nitrogens with one attached hydrogen (secondary N) is 1. The zero-order chi connectivity index (χ0) is 15.0. The van der Waals surface area contributed by atoms with Gasteiger partial charge in [-0.25, -0.2) is 4.98 Å². The quantitative estimate of drug-likeness (QED) is 0.747. The summed E-state index contributed by atoms with van der Waals surface area (Å²) in [5, 5.41) is 3.38. The van der Waals surface area contributed by atoms with Crippen LogP contribution in [0.1, 0.15) is 26.3 Å². The highest BCUT2D eigenvalue weighted by molar-refractivity contribution is 9.10. The monoisotopic (exact) mass is 343 g/mol. The maximum Gasteiger partial charge on any atom is 0.133 e. The van der Waals surface area contributed by atoms with Crippen LogP contribution in [0.4, 0.5) is 5.82 Å². The lowest BCUT2D eigenvalue weighted by molar-refractivity contribution is 0.204. The molecule has 20 heavy (non-hydrogen) atoms. The number of nitrogens with zero attached hydrogens (tertiary/aromatic N) is 2. The van der Waals surface area contributed by atoms with Crippen molar-refractivity contribution in [3.63, 3.8) is 0 Å². The number of hydrogen-bond acceptors (Lipinski definition) is 4. The Labute approximate surface area is 131 Å². The second kappa shape index (κ2) is 9.32. The number of rotatable bonds is 9. The Kier molecular flexibility index (Phi) is 8.11. The van der Waals surface area contributed by atoms with Crippen LogP contribution >= 0.6 is 15.9 Å². The summed E-state index contributed by atoms with van der Waals surface area (Å²) in [7, 11) is 1.74. The SMILES string of the molecule is CCNCc1cc(Br)cnc1N(CCOC)CC(C)C. The number of halogens is 1. The highest BCUT2D eigenvalue weighted by Gasteiger charge is 2.14. The lowest BCUT2D eigenvalue weighted by atomic mass is 10.1. The van der Waals surface area contributed by atoms with Crippen LogP contribution in [-0.2, 0) is 11.3 Å². The molecule has 0 bridgehead atoms. The molecule has 0 unspecified atom stereocenters. The molecule has 1 N–H and O–H groups in total. The highest BCUT2D eigenvalue weighted by atomic mass is 79.9. The third-order valence-corrected chi connectivity index (χ3v) is 3.36. The zero-order valence-corrected chi connectivity index (χ0v) is 14.5. The topological polar surface area (TPSA) is 37.4 Å². The first-order chi connectivity index (χ1) is 9.58. The molecule has 0 saturated carbocycles. The number of aromatic nitrogens is 1. The maximum atomic E-state index is 5.23. The van der Waals surface area contributed by atoms with E-state index in [2.05, 4.69) is 58.0 Å². The van der Waals surface area contributed by atoms with Crippen LogP contribution in [0.3, 0.4) is 0 Å². The third kappa shape index (κ3) is 5.77. The van der Waals surface area contributed by atoms with E-state index in [-0.39, 0.29) is 0 Å². The summed E-state index contributed by atoms with van der Waals surface area (Å²) in [5.41, 5.74) is 1.22. The van der Waals surface area contributed by atoms with Crippen LogP contribution in [0.15, 0.2) is 16.7 Å². The van der Waals surface area contributed by atoms with Crippen molar-refractivity contribution in [2.75, 3.05) is 38.3 Å². The van der Waals surface area contributed by atoms with Crippen LogP contribution < -0.4 is 10.2 Å². The summed E-state index contributed by atoms with van der Waals surface area (Å²) < 4.78 is 6.24. The van der Waals surface area contributed by atoms with Gasteiger partial charge in [-0.1, -0.05) is 20.8 Å². The average Bonchev–Trinajstić information content (AvgIpc) is 2.41. The predicted octanol–water partition coefficient (Wildman–Crippen LogP) is 3.06. The van der Waals surface area contributed by atoms with Gasteiger partial charge in [0.25, 0.3) is 0 Å². The molecule has 0 aliphatic rings. The van der Waals surface area contributed by atoms with Crippen molar-refractivity contribution in [1.82, 2.24) is 10.3 Å². The van der Waals surface area contributed by atoms with Gasteiger partial charge in [-0.15, -0.1) is 0 Å². The van der Waals surface area contributed by atoms with Gasteiger partial charge in [0, 0.05) is 43.0 Å². The Bertz CT molecular complexity index is 399. The highest BCUT2D eigenvalue weighted by Crippen LogP contribution is 2.22. The maximum absolute atomic E-state index is 5.23. The number of hydrogen-bond donors (Lipinski definition) is 1. The van der Waals surface area contributed by atoms with Crippen molar-refractivity contribution < 1.29 is 4.74 Å². The molecule has 0 radical (unpaired) electrons. The van der Waals surface area contributed by atoms with Crippen molar-refractivity contribution in [2.45, 2.75) is 27.3 Å². The van der Waals surface area contributed by atoms with Crippen LogP contribution in [-0.4, -0.2) is 38.3 Å². The van der Waals surface area contributed by atoms with Crippen molar-refractivity contribution in [3.05, 3.63) is 22.3 Å². The van der Waals surface area contributed by atoms with E-state index in [0.29, 0.717) is 12.5 Å². The van der Waals surface area contributed by atoms with E-state index in [1.165, 1.54) is 5.56 Å². The Balaban J connectivity index is 2.96. The molecular formula is C15H26BrN3O. The first-order valence-electron chi connectivity index (χ1n) is 7.17. The van der Waals surface area contributed by atoms with Gasteiger partial charge in [0.05, 0.1) is 6.61 Å². The fourth-order valence-electron chi connectivity index (χ4n) is 2.07. The van der Waals surface area contributed by atoms with Gasteiger partial charge in [-0.3, -0.25) is 0 Å². The van der Waals surface area contributed by atoms with Crippen molar-refractivity contribution in [1.29, 1.82) is 0 Å². The predicted molar refractivity (Wildman–Crippen MR) is 88.2 cm³/mol. The van der Waals surface area contributed by atoms with E-state index in [1.807, 2.05) is 6.20 Å². The molecule has 1 heterocycles. The van der Waals surface area contributed by atoms with Gasteiger partial charge in [0.1, 0.15) is 5.82 Å². The minimum atomic E-state index is 0.587. The lowest BCUT2D eigenvalue weighted by Crippen LogP contribution is -2.33. The molecule has 0 saturated heterocycles. The van der Waals surface area contributed by atoms with Gasteiger partial charge < -0.3 is 15.0 Å². The Morgan fingerprint density at radius 2 is 2.20 bits per heavy atom. The van der Waals surface area contributed by atoms with E-state index < -0.39 is 0 Å². The summed E-state index contributed by atoms with van der Waals surface area (Å²) in [6, 6.07) is 2.14. The van der Waals surface area contributed by atoms with E-state index in [1.54, 1.807) is 7.11 Å². The Morgan fingerprint density at radius 3 is 2.80 bits per heavy atom. The summed E-state index contributed by atoms with van der Waals surface area (Å²) in [5.74, 6) is 1.64. The second-order valence-corrected chi connectivity index (χ2v) is 6.16. The van der Waals surface area contributed by atoms with Gasteiger partial charge in [-0.05, 0) is 34.5 Å². The number of ether oxygens (including phenoxy) is 1. The smallest absolute Gasteiger partial charge is 0.133 e. The molecule has 1 aromatic rings. The van der Waals surface area contributed by atoms with E-state index in [9.17, 15) is 0 Å². The molecule has 5 heteroatoms. The standard InChI is InChI=1S/C15H26BrN3O/c1-5-17-9-13-8-14(16)10-18-15(13)19(6-7-20-4)11-12(2)3/h8,10,12,17H,5-7,9,11H2,1-4H3. The van der Waals surface area contributed by atoms with E-state index in [0.717, 1.165) is 36.5 Å². The summed E-state index contributed by atoms with van der Waals surface area (Å²) in [4.78, 5) is 6.93. The summed E-state index contributed by atoms with van der Waals surface area (Å²) in [6.45, 7) is 10.9. The molecule has 0 aliphatic carbocycles. The lowest BCUT2D eigenvalue weighted by Gasteiger charge is -2.27. The minimum absolute atomic E-state index is 0.587. The molecule has 0 atom stereocenters. The summed E-state index contributed by atoms with van der Waals surface area (Å²) in [6.07, 6.45) is 1.87. The molecule has 1 rings (SSSR count). The number of methoxy groups -OCH3 is 1. The zero-order valence-electron chi connectivity index (χ0n) is 12.9. The largest absolute Gasteiger partial charge is 0.383 e. The fraction of sp³-hybridized carbons (Fsp3) is 0.667. The van der Waals surface area contributed by atoms with Gasteiger partial charge >= 0.3 is 0 Å². The minimum Gasteiger partial charge on any atom is -0.383 e. The van der Waals surface area contributed by atoms with Crippen molar-refractivity contribution >= 4 is 21.7 Å². The van der Waals surface area contributed by atoms with Gasteiger partial charge in [0.15, 0.2) is 0 Å². The van der Waals surface area contributed by atoms with Crippen molar-refractivity contribution in [3.8, 4) is 0 Å². The van der Waals surface area contributed by atoms with Crippen LogP contribution in [0.25, 0.3) is 0 Å². The second-order valence-electron chi connectivity index (χ2n) is 5.25. The molecule has 4 nitrogen and oxygen atoms in total. The number of pyridine rings is 1. The fourth-order valence-corrected chi connectivity index (χ4v) is 2.45. The molecule has 0 aromatic carbocycles. The van der Waals surface area contributed by atoms with E-state index >= 15 is 0 Å².